The van der Waals surface area contributed by atoms with Gasteiger partial charge in [-0.2, -0.15) is 11.8 Å². The molecule has 0 amide bonds. The van der Waals surface area contributed by atoms with Gasteiger partial charge >= 0.3 is 0 Å². The molecule has 1 aromatic rings. The van der Waals surface area contributed by atoms with Gasteiger partial charge in [0, 0.05) is 24.5 Å². The molecule has 0 unspecified atom stereocenters. The van der Waals surface area contributed by atoms with Crippen LogP contribution < -0.4 is 5.32 Å². The van der Waals surface area contributed by atoms with E-state index in [0.717, 1.165) is 17.3 Å². The maximum Gasteiger partial charge on any atom is 0.186 e. The summed E-state index contributed by atoms with van der Waals surface area (Å²) in [4.78, 5) is 8.33. The van der Waals surface area contributed by atoms with Crippen molar-refractivity contribution in [2.24, 2.45) is 0 Å². The summed E-state index contributed by atoms with van der Waals surface area (Å²) in [5.41, 5.74) is 0.427. The summed E-state index contributed by atoms with van der Waals surface area (Å²) in [5.74, 6) is 3.24. The van der Waals surface area contributed by atoms with E-state index in [1.165, 1.54) is 0 Å². The van der Waals surface area contributed by atoms with E-state index in [4.69, 9.17) is 0 Å². The van der Waals surface area contributed by atoms with Crippen molar-refractivity contribution in [2.45, 2.75) is 12.8 Å². The molecule has 1 aromatic heterocycles. The molecule has 0 radical (unpaired) electrons. The molecule has 1 fully saturated rings. The molecular formula is C9H12FN3S. The average Bonchev–Trinajstić information content (AvgIpc) is 2.08. The Balaban J connectivity index is 2.37. The highest BCUT2D eigenvalue weighted by molar-refractivity contribution is 8.00. The molecule has 3 nitrogen and oxygen atoms in total. The van der Waals surface area contributed by atoms with E-state index in [1.807, 2.05) is 11.8 Å². The largest absolute Gasteiger partial charge is 0.371 e. The molecule has 1 aliphatic rings. The number of rotatable bonds is 2. The number of aryl methyl sites for hydroxylation is 1. The third kappa shape index (κ3) is 1.56. The summed E-state index contributed by atoms with van der Waals surface area (Å²) < 4.78 is 13.4. The number of aromatic nitrogens is 2. The first-order valence-corrected chi connectivity index (χ1v) is 5.67. The van der Waals surface area contributed by atoms with Crippen LogP contribution in [0.4, 0.5) is 10.2 Å². The van der Waals surface area contributed by atoms with Crippen LogP contribution in [0.5, 0.6) is 0 Å². The fourth-order valence-electron chi connectivity index (χ4n) is 1.31. The van der Waals surface area contributed by atoms with Crippen LogP contribution in [-0.2, 0) is 0 Å². The van der Waals surface area contributed by atoms with Crippen LogP contribution in [-0.4, -0.2) is 28.5 Å². The normalized spacial score (nSPS) is 16.5. The molecular weight excluding hydrogens is 201 g/mol. The lowest BCUT2D eigenvalue weighted by Gasteiger charge is -2.23. The van der Waals surface area contributed by atoms with Crippen molar-refractivity contribution >= 4 is 17.6 Å². The van der Waals surface area contributed by atoms with Crippen LogP contribution in [0.1, 0.15) is 17.4 Å². The van der Waals surface area contributed by atoms with Gasteiger partial charge in [0.2, 0.25) is 0 Å². The predicted molar refractivity (Wildman–Crippen MR) is 56.3 cm³/mol. The molecule has 1 aliphatic heterocycles. The van der Waals surface area contributed by atoms with Crippen LogP contribution in [0.25, 0.3) is 0 Å². The Morgan fingerprint density at radius 1 is 1.43 bits per heavy atom. The minimum absolute atomic E-state index is 0.310. The zero-order valence-electron chi connectivity index (χ0n) is 8.17. The van der Waals surface area contributed by atoms with Gasteiger partial charge in [-0.25, -0.2) is 14.4 Å². The Labute approximate surface area is 86.5 Å². The predicted octanol–water partition coefficient (Wildman–Crippen LogP) is 1.80. The van der Waals surface area contributed by atoms with Crippen molar-refractivity contribution < 1.29 is 4.39 Å². The monoisotopic (exact) mass is 213 g/mol. The molecule has 1 N–H and O–H groups in total. The summed E-state index contributed by atoms with van der Waals surface area (Å²) in [6.45, 7) is 1.67. The van der Waals surface area contributed by atoms with Gasteiger partial charge in [0.25, 0.3) is 0 Å². The van der Waals surface area contributed by atoms with Gasteiger partial charge in [0.15, 0.2) is 11.6 Å². The van der Waals surface area contributed by atoms with Crippen molar-refractivity contribution in [1.82, 2.24) is 9.97 Å². The zero-order chi connectivity index (χ0) is 10.1. The van der Waals surface area contributed by atoms with Gasteiger partial charge in [-0.15, -0.1) is 0 Å². The smallest absolute Gasteiger partial charge is 0.186 e. The summed E-state index contributed by atoms with van der Waals surface area (Å²) >= 11 is 1.87. The Morgan fingerprint density at radius 3 is 2.64 bits per heavy atom. The maximum atomic E-state index is 13.4. The summed E-state index contributed by atoms with van der Waals surface area (Å²) in [5, 5.41) is 2.75. The Bertz CT molecular complexity index is 352. The van der Waals surface area contributed by atoms with Crippen LogP contribution in [0.2, 0.25) is 0 Å². The van der Waals surface area contributed by atoms with Crippen molar-refractivity contribution in [3.63, 3.8) is 0 Å². The Hall–Kier alpha value is -0.840. The second-order valence-electron chi connectivity index (χ2n) is 3.31. The second-order valence-corrected chi connectivity index (χ2v) is 4.39. The van der Waals surface area contributed by atoms with E-state index in [-0.39, 0.29) is 5.82 Å². The van der Waals surface area contributed by atoms with E-state index < -0.39 is 0 Å². The van der Waals surface area contributed by atoms with Gasteiger partial charge in [-0.3, -0.25) is 0 Å². The fourth-order valence-corrected chi connectivity index (χ4v) is 2.08. The van der Waals surface area contributed by atoms with Gasteiger partial charge < -0.3 is 5.32 Å². The number of hydrogen-bond acceptors (Lipinski definition) is 4. The summed E-state index contributed by atoms with van der Waals surface area (Å²) in [6, 6.07) is 0. The zero-order valence-corrected chi connectivity index (χ0v) is 8.99. The van der Waals surface area contributed by atoms with Gasteiger partial charge in [0.1, 0.15) is 5.82 Å². The molecule has 2 heterocycles. The number of halogens is 1. The van der Waals surface area contributed by atoms with E-state index >= 15 is 0 Å². The third-order valence-electron chi connectivity index (χ3n) is 2.27. The molecule has 1 saturated heterocycles. The van der Waals surface area contributed by atoms with Crippen molar-refractivity contribution in [2.75, 3.05) is 23.9 Å². The van der Waals surface area contributed by atoms with E-state index in [1.54, 1.807) is 14.0 Å². The van der Waals surface area contributed by atoms with Gasteiger partial charge in [-0.05, 0) is 6.92 Å². The van der Waals surface area contributed by atoms with E-state index in [2.05, 4.69) is 15.3 Å². The lowest BCUT2D eigenvalue weighted by Crippen LogP contribution is -2.20. The Kier molecular flexibility index (Phi) is 2.58. The topological polar surface area (TPSA) is 37.8 Å². The quantitative estimate of drug-likeness (QED) is 0.813. The van der Waals surface area contributed by atoms with Crippen LogP contribution in [0.15, 0.2) is 0 Å². The first-order chi connectivity index (χ1) is 6.72. The molecule has 0 atom stereocenters. The average molecular weight is 213 g/mol. The van der Waals surface area contributed by atoms with Crippen molar-refractivity contribution in [3.05, 3.63) is 17.3 Å². The molecule has 0 saturated carbocycles. The Morgan fingerprint density at radius 2 is 2.14 bits per heavy atom. The maximum absolute atomic E-state index is 13.4. The molecule has 0 spiro atoms. The number of hydrogen-bond donors (Lipinski definition) is 1. The lowest BCUT2D eigenvalue weighted by atomic mass is 10.2. The van der Waals surface area contributed by atoms with Crippen LogP contribution >= 0.6 is 11.8 Å². The lowest BCUT2D eigenvalue weighted by molar-refractivity contribution is 0.595. The number of anilines is 1. The highest BCUT2D eigenvalue weighted by Crippen LogP contribution is 2.32. The molecule has 0 bridgehead atoms. The molecule has 0 aliphatic carbocycles. The first-order valence-electron chi connectivity index (χ1n) is 4.52. The standard InChI is InChI=1S/C9H12FN3S/c1-5-7(10)9(11-2)13-8(12-5)6-3-14-4-6/h6H,3-4H2,1-2H3,(H,11,12,13). The van der Waals surface area contributed by atoms with Gasteiger partial charge in [-0.1, -0.05) is 0 Å². The number of thioether (sulfide) groups is 1. The van der Waals surface area contributed by atoms with Crippen molar-refractivity contribution in [1.29, 1.82) is 0 Å². The summed E-state index contributed by atoms with van der Waals surface area (Å²) in [7, 11) is 1.67. The van der Waals surface area contributed by atoms with E-state index in [0.29, 0.717) is 17.4 Å². The van der Waals surface area contributed by atoms with Gasteiger partial charge in [0.05, 0.1) is 5.69 Å². The van der Waals surface area contributed by atoms with E-state index in [9.17, 15) is 4.39 Å². The van der Waals surface area contributed by atoms with Crippen LogP contribution in [0.3, 0.4) is 0 Å². The van der Waals surface area contributed by atoms with Crippen LogP contribution in [0, 0.1) is 12.7 Å². The highest BCUT2D eigenvalue weighted by Gasteiger charge is 2.24. The number of nitrogens with one attached hydrogen (secondary N) is 1. The third-order valence-corrected chi connectivity index (χ3v) is 3.55. The SMILES string of the molecule is CNc1nc(C2CSC2)nc(C)c1F. The molecule has 76 valence electrons. The molecule has 5 heteroatoms. The molecule has 2 rings (SSSR count). The summed E-state index contributed by atoms with van der Waals surface area (Å²) in [6.07, 6.45) is 0. The molecule has 14 heavy (non-hydrogen) atoms. The number of nitrogens with zero attached hydrogens (tertiary/aromatic N) is 2. The highest BCUT2D eigenvalue weighted by atomic mass is 32.2. The molecule has 0 aromatic carbocycles. The van der Waals surface area contributed by atoms with Crippen molar-refractivity contribution in [3.8, 4) is 0 Å². The minimum atomic E-state index is -0.344. The first kappa shape index (κ1) is 9.71. The minimum Gasteiger partial charge on any atom is -0.371 e. The fraction of sp³-hybridized carbons (Fsp3) is 0.556. The second kappa shape index (κ2) is 3.73.